The molecule has 0 spiro atoms. The van der Waals surface area contributed by atoms with Gasteiger partial charge in [-0.1, -0.05) is 6.92 Å². The zero-order valence-electron chi connectivity index (χ0n) is 7.80. The second-order valence-corrected chi connectivity index (χ2v) is 3.30. The van der Waals surface area contributed by atoms with Gasteiger partial charge < -0.3 is 5.32 Å². The second kappa shape index (κ2) is 4.04. The number of likely N-dealkylation sites (N-methyl/N-ethyl adjacent to an activating group) is 1. The van der Waals surface area contributed by atoms with Gasteiger partial charge in [0.05, 0.1) is 0 Å². The molecule has 0 aromatic heterocycles. The molecule has 66 valence electrons. The normalized spacial score (nSPS) is 26.7. The average Bonchev–Trinajstić information content (AvgIpc) is 2.37. The molecule has 1 heterocycles. The van der Waals surface area contributed by atoms with Gasteiger partial charge in [-0.15, -0.1) is 0 Å². The van der Waals surface area contributed by atoms with E-state index in [9.17, 15) is 0 Å². The van der Waals surface area contributed by atoms with Crippen LogP contribution >= 0.6 is 0 Å². The van der Waals surface area contributed by atoms with E-state index in [-0.39, 0.29) is 0 Å². The summed E-state index contributed by atoms with van der Waals surface area (Å²) in [5.74, 6) is 0. The van der Waals surface area contributed by atoms with Crippen LogP contribution in [0.5, 0.6) is 0 Å². The molecule has 0 amide bonds. The first kappa shape index (κ1) is 8.97. The summed E-state index contributed by atoms with van der Waals surface area (Å²) in [4.78, 5) is 0. The molecule has 3 nitrogen and oxygen atoms in total. The van der Waals surface area contributed by atoms with E-state index in [1.54, 1.807) is 0 Å². The summed E-state index contributed by atoms with van der Waals surface area (Å²) >= 11 is 0. The Kier molecular flexibility index (Phi) is 3.30. The molecule has 1 unspecified atom stereocenters. The minimum absolute atomic E-state index is 0.711. The topological polar surface area (TPSA) is 18.5 Å². The molecule has 0 aromatic rings. The molecular formula is C8H19N3. The number of nitrogens with one attached hydrogen (secondary N) is 1. The molecule has 0 aliphatic carbocycles. The average molecular weight is 157 g/mol. The van der Waals surface area contributed by atoms with E-state index < -0.39 is 0 Å². The van der Waals surface area contributed by atoms with E-state index >= 15 is 0 Å². The van der Waals surface area contributed by atoms with Crippen molar-refractivity contribution in [2.75, 3.05) is 33.7 Å². The lowest BCUT2D eigenvalue weighted by Gasteiger charge is -2.23. The zero-order valence-corrected chi connectivity index (χ0v) is 7.80. The summed E-state index contributed by atoms with van der Waals surface area (Å²) in [6.07, 6.45) is 1.28. The van der Waals surface area contributed by atoms with E-state index in [1.165, 1.54) is 19.5 Å². The van der Waals surface area contributed by atoms with Crippen molar-refractivity contribution in [3.05, 3.63) is 0 Å². The summed E-state index contributed by atoms with van der Waals surface area (Å²) in [7, 11) is 4.21. The summed E-state index contributed by atoms with van der Waals surface area (Å²) in [6.45, 7) is 5.62. The third kappa shape index (κ3) is 2.43. The van der Waals surface area contributed by atoms with Gasteiger partial charge in [0, 0.05) is 33.2 Å². The lowest BCUT2D eigenvalue weighted by Crippen LogP contribution is -2.38. The van der Waals surface area contributed by atoms with Crippen LogP contribution in [-0.2, 0) is 0 Å². The predicted molar refractivity (Wildman–Crippen MR) is 47.3 cm³/mol. The Morgan fingerprint density at radius 3 is 2.73 bits per heavy atom. The SMILES string of the molecule is CCNC1CCN(N(C)C)C1. The molecule has 0 bridgehead atoms. The molecular weight excluding hydrogens is 138 g/mol. The van der Waals surface area contributed by atoms with E-state index in [0.717, 1.165) is 6.54 Å². The van der Waals surface area contributed by atoms with Crippen LogP contribution in [0.15, 0.2) is 0 Å². The Labute approximate surface area is 69.3 Å². The maximum atomic E-state index is 3.46. The first-order valence-electron chi connectivity index (χ1n) is 4.39. The van der Waals surface area contributed by atoms with Gasteiger partial charge in [0.1, 0.15) is 0 Å². The fourth-order valence-corrected chi connectivity index (χ4v) is 1.56. The van der Waals surface area contributed by atoms with Crippen molar-refractivity contribution >= 4 is 0 Å². The molecule has 0 saturated carbocycles. The van der Waals surface area contributed by atoms with Crippen LogP contribution in [0.1, 0.15) is 13.3 Å². The Morgan fingerprint density at radius 1 is 1.55 bits per heavy atom. The Hall–Kier alpha value is -0.120. The second-order valence-electron chi connectivity index (χ2n) is 3.30. The van der Waals surface area contributed by atoms with Gasteiger partial charge in [0.25, 0.3) is 0 Å². The Balaban J connectivity index is 2.23. The molecule has 1 rings (SSSR count). The highest BCUT2D eigenvalue weighted by atomic mass is 15.6. The van der Waals surface area contributed by atoms with Crippen molar-refractivity contribution in [2.24, 2.45) is 0 Å². The van der Waals surface area contributed by atoms with E-state index in [2.05, 4.69) is 36.4 Å². The quantitative estimate of drug-likeness (QED) is 0.629. The summed E-state index contributed by atoms with van der Waals surface area (Å²) in [5.41, 5.74) is 0. The van der Waals surface area contributed by atoms with Crippen LogP contribution in [0.3, 0.4) is 0 Å². The van der Waals surface area contributed by atoms with Crippen LogP contribution < -0.4 is 5.32 Å². The largest absolute Gasteiger partial charge is 0.313 e. The highest BCUT2D eigenvalue weighted by Gasteiger charge is 2.22. The van der Waals surface area contributed by atoms with Crippen molar-refractivity contribution in [1.29, 1.82) is 0 Å². The van der Waals surface area contributed by atoms with Crippen LogP contribution in [0.4, 0.5) is 0 Å². The van der Waals surface area contributed by atoms with Crippen LogP contribution in [0.25, 0.3) is 0 Å². The van der Waals surface area contributed by atoms with E-state index in [4.69, 9.17) is 0 Å². The van der Waals surface area contributed by atoms with Gasteiger partial charge >= 0.3 is 0 Å². The van der Waals surface area contributed by atoms with E-state index in [0.29, 0.717) is 6.04 Å². The predicted octanol–water partition coefficient (Wildman–Crippen LogP) is 0.147. The molecule has 1 saturated heterocycles. The molecule has 0 aromatic carbocycles. The van der Waals surface area contributed by atoms with Crippen LogP contribution in [0.2, 0.25) is 0 Å². The maximum absolute atomic E-state index is 3.46. The monoisotopic (exact) mass is 157 g/mol. The standard InChI is InChI=1S/C8H19N3/c1-4-9-8-5-6-11(7-8)10(2)3/h8-9H,4-7H2,1-3H3. The molecule has 0 radical (unpaired) electrons. The maximum Gasteiger partial charge on any atom is 0.0287 e. The lowest BCUT2D eigenvalue weighted by molar-refractivity contribution is 0.0511. The van der Waals surface area contributed by atoms with Gasteiger partial charge in [0.2, 0.25) is 0 Å². The fourth-order valence-electron chi connectivity index (χ4n) is 1.56. The number of hydrogen-bond donors (Lipinski definition) is 1. The van der Waals surface area contributed by atoms with Gasteiger partial charge in [-0.2, -0.15) is 0 Å². The van der Waals surface area contributed by atoms with Gasteiger partial charge in [-0.25, -0.2) is 10.0 Å². The fraction of sp³-hybridized carbons (Fsp3) is 1.00. The summed E-state index contributed by atoms with van der Waals surface area (Å²) in [5, 5.41) is 8.01. The molecule has 1 N–H and O–H groups in total. The highest BCUT2D eigenvalue weighted by molar-refractivity contribution is 4.77. The Bertz CT molecular complexity index is 114. The third-order valence-corrected chi connectivity index (χ3v) is 2.23. The van der Waals surface area contributed by atoms with Crippen molar-refractivity contribution in [1.82, 2.24) is 15.3 Å². The third-order valence-electron chi connectivity index (χ3n) is 2.23. The van der Waals surface area contributed by atoms with Gasteiger partial charge in [-0.3, -0.25) is 0 Å². The van der Waals surface area contributed by atoms with Crippen molar-refractivity contribution in [3.63, 3.8) is 0 Å². The number of rotatable bonds is 3. The summed E-state index contributed by atoms with van der Waals surface area (Å²) in [6, 6.07) is 0.711. The minimum Gasteiger partial charge on any atom is -0.313 e. The van der Waals surface area contributed by atoms with Crippen LogP contribution in [0, 0.1) is 0 Å². The first-order valence-corrected chi connectivity index (χ1v) is 4.39. The Morgan fingerprint density at radius 2 is 2.27 bits per heavy atom. The minimum atomic E-state index is 0.711. The first-order chi connectivity index (χ1) is 5.24. The highest BCUT2D eigenvalue weighted by Crippen LogP contribution is 2.08. The van der Waals surface area contributed by atoms with Crippen molar-refractivity contribution < 1.29 is 0 Å². The van der Waals surface area contributed by atoms with E-state index in [1.807, 2.05) is 0 Å². The van der Waals surface area contributed by atoms with Gasteiger partial charge in [0.15, 0.2) is 0 Å². The lowest BCUT2D eigenvalue weighted by atomic mass is 10.3. The number of hydrazine groups is 1. The van der Waals surface area contributed by atoms with Crippen LogP contribution in [-0.4, -0.2) is 49.8 Å². The van der Waals surface area contributed by atoms with Crippen molar-refractivity contribution in [2.45, 2.75) is 19.4 Å². The summed E-state index contributed by atoms with van der Waals surface area (Å²) < 4.78 is 0. The van der Waals surface area contributed by atoms with Crippen molar-refractivity contribution in [3.8, 4) is 0 Å². The molecule has 3 heteroatoms. The molecule has 1 aliphatic heterocycles. The molecule has 1 fully saturated rings. The molecule has 1 aliphatic rings. The van der Waals surface area contributed by atoms with Gasteiger partial charge in [-0.05, 0) is 13.0 Å². The molecule has 11 heavy (non-hydrogen) atoms. The molecule has 1 atom stereocenters. The zero-order chi connectivity index (χ0) is 8.27. The number of nitrogens with zero attached hydrogens (tertiary/aromatic N) is 2. The smallest absolute Gasteiger partial charge is 0.0287 e. The number of hydrogen-bond acceptors (Lipinski definition) is 3.